The molecule has 0 N–H and O–H groups in total. The Morgan fingerprint density at radius 2 is 1.28 bits per heavy atom. The fourth-order valence-corrected chi connectivity index (χ4v) is 6.32. The first-order valence-corrected chi connectivity index (χ1v) is 18.2. The minimum atomic E-state index is 0.887. The Balaban J connectivity index is 0.00000266. The monoisotopic (exact) mass is 688 g/mol. The van der Waals surface area contributed by atoms with Crippen LogP contribution in [0.4, 0.5) is 0 Å². The van der Waals surface area contributed by atoms with E-state index in [2.05, 4.69) is 144 Å². The van der Waals surface area contributed by atoms with Crippen molar-refractivity contribution in [3.63, 3.8) is 0 Å². The molecule has 0 aliphatic heterocycles. The van der Waals surface area contributed by atoms with Gasteiger partial charge in [0.25, 0.3) is 0 Å². The maximum absolute atomic E-state index is 5.18. The number of hydrogen-bond acceptors (Lipinski definition) is 2. The topological polar surface area (TPSA) is 25.2 Å². The summed E-state index contributed by atoms with van der Waals surface area (Å²) in [5, 5.41) is 1.12. The van der Waals surface area contributed by atoms with Crippen molar-refractivity contribution < 1.29 is 0 Å². The predicted molar refractivity (Wildman–Crippen MR) is 233 cm³/mol. The highest BCUT2D eigenvalue weighted by Crippen LogP contribution is 2.37. The summed E-state index contributed by atoms with van der Waals surface area (Å²) in [4.78, 5) is 9.98. The van der Waals surface area contributed by atoms with Gasteiger partial charge in [0.1, 0.15) is 0 Å². The summed E-state index contributed by atoms with van der Waals surface area (Å²) < 4.78 is 0. The lowest BCUT2D eigenvalue weighted by Crippen LogP contribution is -1.98. The van der Waals surface area contributed by atoms with Gasteiger partial charge in [-0.05, 0) is 101 Å². The van der Waals surface area contributed by atoms with Crippen LogP contribution in [0, 0.1) is 6.92 Å². The van der Waals surface area contributed by atoms with Crippen molar-refractivity contribution in [1.82, 2.24) is 4.98 Å². The lowest BCUT2D eigenvalue weighted by molar-refractivity contribution is 1.36. The number of aliphatic imine (C=N–C) groups is 1. The molecule has 1 aromatic heterocycles. The highest BCUT2D eigenvalue weighted by Gasteiger charge is 2.14. The van der Waals surface area contributed by atoms with E-state index in [-0.39, 0.29) is 0 Å². The van der Waals surface area contributed by atoms with E-state index in [0.29, 0.717) is 0 Å². The SMILES string of the molecule is C=C/C=C\C(=C)/C(C)=C(\N=C(C)c1ccccc1)c1ccc(-c2cc(-c3cccc(/C=C\C=C)c3C)cc(-c3cccc4cccnc34)c2)cc1.CC. The Kier molecular flexibility index (Phi) is 13.0. The van der Waals surface area contributed by atoms with Crippen LogP contribution in [0.1, 0.15) is 49.9 Å². The van der Waals surface area contributed by atoms with Gasteiger partial charge in [0.05, 0.1) is 11.2 Å². The van der Waals surface area contributed by atoms with Crippen LogP contribution < -0.4 is 0 Å². The van der Waals surface area contributed by atoms with Crippen LogP contribution in [0.15, 0.2) is 194 Å². The quantitative estimate of drug-likeness (QED) is 0.0982. The van der Waals surface area contributed by atoms with Gasteiger partial charge >= 0.3 is 0 Å². The molecule has 0 radical (unpaired) electrons. The van der Waals surface area contributed by atoms with Gasteiger partial charge in [0, 0.05) is 28.4 Å². The number of fused-ring (bicyclic) bond motifs is 1. The molecule has 0 aliphatic carbocycles. The number of nitrogens with zero attached hydrogens (tertiary/aromatic N) is 2. The number of hydrogen-bond donors (Lipinski definition) is 0. The normalized spacial score (nSPS) is 12.0. The smallest absolute Gasteiger partial charge is 0.0780 e. The van der Waals surface area contributed by atoms with Crippen LogP contribution in [-0.2, 0) is 0 Å². The first-order valence-electron chi connectivity index (χ1n) is 18.2. The van der Waals surface area contributed by atoms with E-state index >= 15 is 0 Å². The van der Waals surface area contributed by atoms with E-state index in [4.69, 9.17) is 9.98 Å². The van der Waals surface area contributed by atoms with Crippen molar-refractivity contribution >= 4 is 28.4 Å². The number of allylic oxidation sites excluding steroid dienone is 7. The van der Waals surface area contributed by atoms with Gasteiger partial charge < -0.3 is 0 Å². The minimum Gasteiger partial charge on any atom is -0.256 e. The zero-order chi connectivity index (χ0) is 37.7. The van der Waals surface area contributed by atoms with E-state index in [1.807, 2.05) is 68.6 Å². The van der Waals surface area contributed by atoms with Crippen LogP contribution in [0.5, 0.6) is 0 Å². The molecule has 53 heavy (non-hydrogen) atoms. The number of benzene rings is 5. The molecule has 0 bridgehead atoms. The van der Waals surface area contributed by atoms with Crippen molar-refractivity contribution in [2.24, 2.45) is 4.99 Å². The van der Waals surface area contributed by atoms with Gasteiger partial charge in [-0.1, -0.05) is 167 Å². The summed E-state index contributed by atoms with van der Waals surface area (Å²) in [6, 6.07) is 42.8. The molecule has 0 aliphatic rings. The molecule has 2 heteroatoms. The largest absolute Gasteiger partial charge is 0.256 e. The summed E-state index contributed by atoms with van der Waals surface area (Å²) in [7, 11) is 0. The molecule has 0 saturated heterocycles. The Morgan fingerprint density at radius 1 is 0.642 bits per heavy atom. The third-order valence-electron chi connectivity index (χ3n) is 9.21. The minimum absolute atomic E-state index is 0.887. The predicted octanol–water partition coefficient (Wildman–Crippen LogP) is 14.3. The number of aromatic nitrogens is 1. The molecule has 1 heterocycles. The summed E-state index contributed by atoms with van der Waals surface area (Å²) in [6.07, 6.45) is 13.4. The Morgan fingerprint density at radius 3 is 2.00 bits per heavy atom. The summed E-state index contributed by atoms with van der Waals surface area (Å²) in [6.45, 7) is 22.3. The average molecular weight is 689 g/mol. The molecule has 2 nitrogen and oxygen atoms in total. The lowest BCUT2D eigenvalue weighted by Gasteiger charge is -2.16. The molecule has 5 aromatic carbocycles. The van der Waals surface area contributed by atoms with E-state index in [0.717, 1.165) is 72.4 Å². The van der Waals surface area contributed by atoms with Crippen LogP contribution in [-0.4, -0.2) is 10.7 Å². The second-order valence-electron chi connectivity index (χ2n) is 12.5. The summed E-state index contributed by atoms with van der Waals surface area (Å²) in [5.41, 5.74) is 16.0. The highest BCUT2D eigenvalue weighted by atomic mass is 14.8. The van der Waals surface area contributed by atoms with Gasteiger partial charge in [-0.2, -0.15) is 0 Å². The number of para-hydroxylation sites is 1. The fourth-order valence-electron chi connectivity index (χ4n) is 6.32. The number of rotatable bonds is 11. The third kappa shape index (κ3) is 8.92. The zero-order valence-electron chi connectivity index (χ0n) is 31.6. The molecule has 0 fully saturated rings. The average Bonchev–Trinajstić information content (AvgIpc) is 3.22. The molecule has 0 amide bonds. The van der Waals surface area contributed by atoms with Crippen LogP contribution in [0.3, 0.4) is 0 Å². The van der Waals surface area contributed by atoms with Crippen LogP contribution in [0.2, 0.25) is 0 Å². The van der Waals surface area contributed by atoms with Crippen LogP contribution >= 0.6 is 0 Å². The van der Waals surface area contributed by atoms with E-state index < -0.39 is 0 Å². The summed E-state index contributed by atoms with van der Waals surface area (Å²) >= 11 is 0. The molecule has 0 spiro atoms. The van der Waals surface area contributed by atoms with Crippen molar-refractivity contribution in [2.45, 2.75) is 34.6 Å². The van der Waals surface area contributed by atoms with E-state index in [1.165, 1.54) is 16.7 Å². The standard InChI is InChI=1S/C49H42N2.C2H6/c1-7-9-17-34(3)35(4)48(51-37(6)39-19-12-11-13-20-39)42-28-26-40(27-29-42)43-31-44(46-24-14-21-38(36(46)5)18-10-8-2)33-45(32-43)47-25-15-22-41-23-16-30-50-49(41)47;1-2/h7-33H,1-3H2,4-6H3;1-2H3/b17-9-,18-10-,48-35-,51-37?;. The van der Waals surface area contributed by atoms with Crippen molar-refractivity contribution in [2.75, 3.05) is 0 Å². The molecular weight excluding hydrogens is 641 g/mol. The van der Waals surface area contributed by atoms with E-state index in [1.54, 1.807) is 6.08 Å². The summed E-state index contributed by atoms with van der Waals surface area (Å²) in [5.74, 6) is 0. The first-order chi connectivity index (χ1) is 25.9. The maximum atomic E-state index is 5.18. The lowest BCUT2D eigenvalue weighted by atomic mass is 9.89. The Hall–Kier alpha value is -6.38. The van der Waals surface area contributed by atoms with Crippen molar-refractivity contribution in [3.05, 3.63) is 211 Å². The van der Waals surface area contributed by atoms with Gasteiger partial charge in [0.2, 0.25) is 0 Å². The maximum Gasteiger partial charge on any atom is 0.0780 e. The van der Waals surface area contributed by atoms with Gasteiger partial charge in [0.15, 0.2) is 0 Å². The molecule has 6 aromatic rings. The molecule has 262 valence electrons. The second kappa shape index (κ2) is 18.2. The Bertz CT molecular complexity index is 2360. The van der Waals surface area contributed by atoms with Crippen molar-refractivity contribution in [1.29, 1.82) is 0 Å². The number of pyridine rings is 1. The molecular formula is C51H48N2. The highest BCUT2D eigenvalue weighted by molar-refractivity contribution is 6.02. The van der Waals surface area contributed by atoms with Gasteiger partial charge in [-0.3, -0.25) is 9.98 Å². The van der Waals surface area contributed by atoms with Gasteiger partial charge in [-0.25, -0.2) is 0 Å². The molecule has 0 unspecified atom stereocenters. The zero-order valence-corrected chi connectivity index (χ0v) is 31.6. The Labute approximate surface area is 316 Å². The van der Waals surface area contributed by atoms with Gasteiger partial charge in [-0.15, -0.1) is 0 Å². The first kappa shape index (κ1) is 37.9. The molecule has 0 saturated carbocycles. The third-order valence-corrected chi connectivity index (χ3v) is 9.21. The second-order valence-corrected chi connectivity index (χ2v) is 12.5. The van der Waals surface area contributed by atoms with E-state index in [9.17, 15) is 0 Å². The fraction of sp³-hybridized carbons (Fsp3) is 0.0980. The molecule has 0 atom stereocenters. The van der Waals surface area contributed by atoms with Crippen molar-refractivity contribution in [3.8, 4) is 33.4 Å². The molecule has 6 rings (SSSR count). The van der Waals surface area contributed by atoms with Crippen LogP contribution in [0.25, 0.3) is 56.1 Å².